The Morgan fingerprint density at radius 3 is 2.71 bits per heavy atom. The van der Waals surface area contributed by atoms with E-state index in [1.165, 1.54) is 0 Å². The van der Waals surface area contributed by atoms with Gasteiger partial charge < -0.3 is 10.0 Å². The fourth-order valence-corrected chi connectivity index (χ4v) is 3.60. The zero-order chi connectivity index (χ0) is 17.7. The largest absolute Gasteiger partial charge is 0.396 e. The van der Waals surface area contributed by atoms with Crippen LogP contribution in [0.5, 0.6) is 0 Å². The van der Waals surface area contributed by atoms with Crippen LogP contribution in [0.4, 0.5) is 5.69 Å². The van der Waals surface area contributed by atoms with Crippen LogP contribution in [0.15, 0.2) is 24.5 Å². The summed E-state index contributed by atoms with van der Waals surface area (Å²) in [5.41, 5.74) is 0.746. The number of carbonyl (C=O) groups excluding carboxylic acids is 2. The van der Waals surface area contributed by atoms with Crippen LogP contribution in [-0.4, -0.2) is 34.4 Å². The summed E-state index contributed by atoms with van der Waals surface area (Å²) in [4.78, 5) is 31.2. The van der Waals surface area contributed by atoms with Gasteiger partial charge in [-0.3, -0.25) is 14.6 Å². The second kappa shape index (κ2) is 8.38. The predicted octanol–water partition coefficient (Wildman–Crippen LogP) is 2.83. The fraction of sp³-hybridized carbons (Fsp3) is 0.632. The number of aliphatic hydroxyl groups excluding tert-OH is 1. The van der Waals surface area contributed by atoms with Gasteiger partial charge in [0.2, 0.25) is 5.91 Å². The molecule has 0 spiro atoms. The van der Waals surface area contributed by atoms with Crippen LogP contribution in [0.2, 0.25) is 0 Å². The summed E-state index contributed by atoms with van der Waals surface area (Å²) in [6.07, 6.45) is 6.23. The van der Waals surface area contributed by atoms with E-state index in [-0.39, 0.29) is 30.4 Å². The first-order valence-electron chi connectivity index (χ1n) is 8.90. The molecule has 1 amide bonds. The Kier molecular flexibility index (Phi) is 6.49. The van der Waals surface area contributed by atoms with Gasteiger partial charge in [0, 0.05) is 24.6 Å². The number of carbonyl (C=O) groups is 2. The van der Waals surface area contributed by atoms with Gasteiger partial charge in [0.1, 0.15) is 5.78 Å². The van der Waals surface area contributed by atoms with Crippen molar-refractivity contribution in [3.8, 4) is 0 Å². The van der Waals surface area contributed by atoms with Crippen molar-refractivity contribution in [3.05, 3.63) is 24.5 Å². The zero-order valence-corrected chi connectivity index (χ0v) is 14.8. The van der Waals surface area contributed by atoms with Gasteiger partial charge in [-0.05, 0) is 30.9 Å². The molecule has 2 rings (SSSR count). The number of aliphatic hydroxyl groups is 1. The number of rotatable bonds is 6. The molecule has 0 aromatic carbocycles. The summed E-state index contributed by atoms with van der Waals surface area (Å²) in [5, 5.41) is 9.45. The van der Waals surface area contributed by atoms with Crippen molar-refractivity contribution in [1.82, 2.24) is 4.98 Å². The Hall–Kier alpha value is -1.75. The number of pyridine rings is 1. The number of nitrogens with zero attached hydrogens (tertiary/aromatic N) is 2. The molecule has 0 aliphatic heterocycles. The van der Waals surface area contributed by atoms with E-state index in [0.29, 0.717) is 18.6 Å². The zero-order valence-electron chi connectivity index (χ0n) is 14.8. The van der Waals surface area contributed by atoms with E-state index in [2.05, 4.69) is 11.9 Å². The van der Waals surface area contributed by atoms with E-state index in [1.54, 1.807) is 24.2 Å². The summed E-state index contributed by atoms with van der Waals surface area (Å²) < 4.78 is 0. The topological polar surface area (TPSA) is 70.5 Å². The van der Waals surface area contributed by atoms with Crippen LogP contribution in [-0.2, 0) is 9.59 Å². The molecule has 4 unspecified atom stereocenters. The average molecular weight is 332 g/mol. The Bertz CT molecular complexity index is 561. The quantitative estimate of drug-likeness (QED) is 0.869. The molecule has 1 aromatic heterocycles. The maximum absolute atomic E-state index is 13.0. The van der Waals surface area contributed by atoms with Gasteiger partial charge in [-0.15, -0.1) is 0 Å². The molecule has 0 saturated heterocycles. The summed E-state index contributed by atoms with van der Waals surface area (Å²) in [5.74, 6) is -0.0995. The van der Waals surface area contributed by atoms with E-state index in [9.17, 15) is 14.7 Å². The molecule has 1 fully saturated rings. The number of Topliss-reactive ketones (excluding diaryl/α,β-unsaturated/α-hetero) is 1. The molecule has 1 aliphatic carbocycles. The molecule has 1 heterocycles. The number of aromatic nitrogens is 1. The molecule has 1 saturated carbocycles. The molecule has 0 radical (unpaired) electrons. The highest BCUT2D eigenvalue weighted by molar-refractivity contribution is 5.96. The van der Waals surface area contributed by atoms with E-state index >= 15 is 0 Å². The van der Waals surface area contributed by atoms with Crippen molar-refractivity contribution in [1.29, 1.82) is 0 Å². The number of hydrogen-bond donors (Lipinski definition) is 1. The molecule has 1 aliphatic rings. The van der Waals surface area contributed by atoms with Gasteiger partial charge in [0.15, 0.2) is 0 Å². The lowest BCUT2D eigenvalue weighted by atomic mass is 9.74. The number of anilines is 1. The molecular weight excluding hydrogens is 304 g/mol. The first kappa shape index (κ1) is 18.6. The van der Waals surface area contributed by atoms with Crippen LogP contribution < -0.4 is 4.90 Å². The number of ketones is 1. The Morgan fingerprint density at radius 1 is 1.42 bits per heavy atom. The Morgan fingerprint density at radius 2 is 2.17 bits per heavy atom. The third-order valence-electron chi connectivity index (χ3n) is 5.19. The molecular formula is C19H28N2O3. The second-order valence-corrected chi connectivity index (χ2v) is 6.75. The van der Waals surface area contributed by atoms with E-state index < -0.39 is 5.92 Å². The van der Waals surface area contributed by atoms with Crippen molar-refractivity contribution in [2.24, 2.45) is 17.8 Å². The minimum atomic E-state index is -0.472. The maximum atomic E-state index is 13.0. The minimum Gasteiger partial charge on any atom is -0.396 e. The van der Waals surface area contributed by atoms with Crippen molar-refractivity contribution < 1.29 is 14.7 Å². The van der Waals surface area contributed by atoms with Crippen molar-refractivity contribution in [2.45, 2.75) is 52.5 Å². The van der Waals surface area contributed by atoms with Crippen LogP contribution in [0.25, 0.3) is 0 Å². The molecule has 5 nitrogen and oxygen atoms in total. The predicted molar refractivity (Wildman–Crippen MR) is 93.6 cm³/mol. The van der Waals surface area contributed by atoms with Crippen LogP contribution >= 0.6 is 0 Å². The van der Waals surface area contributed by atoms with Crippen molar-refractivity contribution >= 4 is 17.4 Å². The summed E-state index contributed by atoms with van der Waals surface area (Å²) >= 11 is 0. The van der Waals surface area contributed by atoms with Gasteiger partial charge >= 0.3 is 0 Å². The average Bonchev–Trinajstić information content (AvgIpc) is 2.62. The monoisotopic (exact) mass is 332 g/mol. The van der Waals surface area contributed by atoms with Crippen LogP contribution in [0.3, 0.4) is 0 Å². The highest BCUT2D eigenvalue weighted by Gasteiger charge is 2.40. The van der Waals surface area contributed by atoms with E-state index in [4.69, 9.17) is 0 Å². The highest BCUT2D eigenvalue weighted by atomic mass is 16.3. The standard InChI is InChI=1S/C19H28N2O3/c1-4-14-10-18(23)15(5-2)9-17(14)21(19(24)13(3)12-22)16-7-6-8-20-11-16/h6-8,11,13-15,17,22H,4-5,9-10,12H2,1-3H3. The fourth-order valence-electron chi connectivity index (χ4n) is 3.60. The summed E-state index contributed by atoms with van der Waals surface area (Å²) in [6, 6.07) is 3.66. The molecule has 1 N–H and O–H groups in total. The molecule has 0 bridgehead atoms. The third kappa shape index (κ3) is 3.83. The smallest absolute Gasteiger partial charge is 0.232 e. The Labute approximate surface area is 144 Å². The van der Waals surface area contributed by atoms with Gasteiger partial charge in [-0.1, -0.05) is 27.2 Å². The van der Waals surface area contributed by atoms with Crippen molar-refractivity contribution in [3.63, 3.8) is 0 Å². The first-order chi connectivity index (χ1) is 11.5. The van der Waals surface area contributed by atoms with E-state index in [0.717, 1.165) is 18.5 Å². The third-order valence-corrected chi connectivity index (χ3v) is 5.19. The van der Waals surface area contributed by atoms with Gasteiger partial charge in [-0.2, -0.15) is 0 Å². The first-order valence-corrected chi connectivity index (χ1v) is 8.90. The lowest BCUT2D eigenvalue weighted by Gasteiger charge is -2.42. The molecule has 4 atom stereocenters. The SMILES string of the molecule is CCC1CC(N(C(=O)C(C)CO)c2cccnc2)C(CC)CC1=O. The number of amides is 1. The Balaban J connectivity index is 2.40. The number of hydrogen-bond acceptors (Lipinski definition) is 4. The van der Waals surface area contributed by atoms with Crippen LogP contribution in [0.1, 0.15) is 46.5 Å². The molecule has 1 aromatic rings. The van der Waals surface area contributed by atoms with E-state index in [1.807, 2.05) is 19.1 Å². The van der Waals surface area contributed by atoms with Crippen LogP contribution in [0, 0.1) is 17.8 Å². The van der Waals surface area contributed by atoms with Gasteiger partial charge in [-0.25, -0.2) is 0 Å². The summed E-state index contributed by atoms with van der Waals surface area (Å²) in [7, 11) is 0. The van der Waals surface area contributed by atoms with Gasteiger partial charge in [0.25, 0.3) is 0 Å². The normalized spacial score (nSPS) is 25.3. The minimum absolute atomic E-state index is 0.00852. The molecule has 132 valence electrons. The van der Waals surface area contributed by atoms with Crippen molar-refractivity contribution in [2.75, 3.05) is 11.5 Å². The molecule has 5 heteroatoms. The lowest BCUT2D eigenvalue weighted by Crippen LogP contribution is -2.51. The highest BCUT2D eigenvalue weighted by Crippen LogP contribution is 2.36. The second-order valence-electron chi connectivity index (χ2n) is 6.75. The molecule has 24 heavy (non-hydrogen) atoms. The summed E-state index contributed by atoms with van der Waals surface area (Å²) in [6.45, 7) is 5.64. The lowest BCUT2D eigenvalue weighted by molar-refractivity contribution is -0.129. The maximum Gasteiger partial charge on any atom is 0.232 e. The van der Waals surface area contributed by atoms with Gasteiger partial charge in [0.05, 0.1) is 24.4 Å².